The molecule has 2 heterocycles. The Bertz CT molecular complexity index is 469. The molecule has 0 spiro atoms. The van der Waals surface area contributed by atoms with E-state index in [-0.39, 0.29) is 0 Å². The normalized spacial score (nSPS) is 10.7. The van der Waals surface area contributed by atoms with Crippen LogP contribution in [0.1, 0.15) is 22.4 Å². The van der Waals surface area contributed by atoms with Gasteiger partial charge in [-0.3, -0.25) is 4.98 Å². The Morgan fingerprint density at radius 3 is 2.38 bits per heavy atom. The molecule has 0 N–H and O–H groups in total. The maximum absolute atomic E-state index is 4.03. The van der Waals surface area contributed by atoms with Crippen molar-refractivity contribution in [2.75, 3.05) is 0 Å². The molecular formula is C14H18N2. The highest BCUT2D eigenvalue weighted by Gasteiger charge is 2.04. The van der Waals surface area contributed by atoms with Gasteiger partial charge in [-0.05, 0) is 56.0 Å². The molecule has 0 fully saturated rings. The fourth-order valence-corrected chi connectivity index (χ4v) is 1.96. The minimum absolute atomic E-state index is 1.05. The Labute approximate surface area is 97.0 Å². The van der Waals surface area contributed by atoms with Gasteiger partial charge in [0.05, 0.1) is 0 Å². The molecule has 0 saturated carbocycles. The van der Waals surface area contributed by atoms with E-state index in [1.807, 2.05) is 12.4 Å². The van der Waals surface area contributed by atoms with Crippen molar-refractivity contribution in [3.63, 3.8) is 0 Å². The monoisotopic (exact) mass is 214 g/mol. The summed E-state index contributed by atoms with van der Waals surface area (Å²) in [5.74, 6) is 0. The molecule has 0 bridgehead atoms. The maximum Gasteiger partial charge on any atom is 0.0270 e. The van der Waals surface area contributed by atoms with E-state index in [4.69, 9.17) is 0 Å². The predicted molar refractivity (Wildman–Crippen MR) is 66.6 cm³/mol. The van der Waals surface area contributed by atoms with Crippen molar-refractivity contribution in [3.8, 4) is 0 Å². The van der Waals surface area contributed by atoms with Gasteiger partial charge in [0.25, 0.3) is 0 Å². The molecule has 84 valence electrons. The summed E-state index contributed by atoms with van der Waals surface area (Å²) < 4.78 is 2.34. The molecule has 0 aliphatic heterocycles. The molecule has 0 amide bonds. The molecule has 2 heteroatoms. The first-order chi connectivity index (χ1) is 7.68. The number of nitrogens with zero attached hydrogens (tertiary/aromatic N) is 2. The van der Waals surface area contributed by atoms with Crippen LogP contribution in [0.25, 0.3) is 0 Å². The SMILES string of the molecule is Cc1cn(CCc2ccncc2)c(C)c1C. The van der Waals surface area contributed by atoms with E-state index in [1.54, 1.807) is 0 Å². The number of pyridine rings is 1. The average molecular weight is 214 g/mol. The molecule has 0 saturated heterocycles. The van der Waals surface area contributed by atoms with Gasteiger partial charge in [0, 0.05) is 30.8 Å². The van der Waals surface area contributed by atoms with Crippen LogP contribution in [0, 0.1) is 20.8 Å². The zero-order valence-electron chi connectivity index (χ0n) is 10.2. The summed E-state index contributed by atoms with van der Waals surface area (Å²) >= 11 is 0. The summed E-state index contributed by atoms with van der Waals surface area (Å²) in [6.07, 6.45) is 7.02. The molecule has 2 rings (SSSR count). The van der Waals surface area contributed by atoms with E-state index in [2.05, 4.69) is 48.7 Å². The lowest BCUT2D eigenvalue weighted by Gasteiger charge is -2.06. The first-order valence-corrected chi connectivity index (χ1v) is 5.70. The molecule has 16 heavy (non-hydrogen) atoms. The quantitative estimate of drug-likeness (QED) is 0.768. The Balaban J connectivity index is 2.08. The van der Waals surface area contributed by atoms with E-state index in [1.165, 1.54) is 22.4 Å². The number of hydrogen-bond donors (Lipinski definition) is 0. The molecule has 0 aliphatic rings. The van der Waals surface area contributed by atoms with E-state index < -0.39 is 0 Å². The maximum atomic E-state index is 4.03. The highest BCUT2D eigenvalue weighted by atomic mass is 15.0. The van der Waals surface area contributed by atoms with E-state index in [0.29, 0.717) is 0 Å². The molecule has 0 unspecified atom stereocenters. The van der Waals surface area contributed by atoms with Crippen LogP contribution in [-0.2, 0) is 13.0 Å². The van der Waals surface area contributed by atoms with E-state index in [0.717, 1.165) is 13.0 Å². The van der Waals surface area contributed by atoms with Gasteiger partial charge in [0.15, 0.2) is 0 Å². The third kappa shape index (κ3) is 2.16. The summed E-state index contributed by atoms with van der Waals surface area (Å²) in [5.41, 5.74) is 5.52. The summed E-state index contributed by atoms with van der Waals surface area (Å²) in [7, 11) is 0. The van der Waals surface area contributed by atoms with Gasteiger partial charge >= 0.3 is 0 Å². The lowest BCUT2D eigenvalue weighted by atomic mass is 10.2. The Hall–Kier alpha value is -1.57. The van der Waals surface area contributed by atoms with Gasteiger partial charge in [-0.25, -0.2) is 0 Å². The van der Waals surface area contributed by atoms with Crippen molar-refractivity contribution < 1.29 is 0 Å². The van der Waals surface area contributed by atoms with Crippen LogP contribution >= 0.6 is 0 Å². The Kier molecular flexibility index (Phi) is 3.09. The van der Waals surface area contributed by atoms with Crippen molar-refractivity contribution in [3.05, 3.63) is 53.1 Å². The second kappa shape index (κ2) is 4.52. The Morgan fingerprint density at radius 1 is 1.12 bits per heavy atom. The molecular weight excluding hydrogens is 196 g/mol. The second-order valence-corrected chi connectivity index (χ2v) is 4.32. The minimum atomic E-state index is 1.05. The van der Waals surface area contributed by atoms with Crippen molar-refractivity contribution in [2.45, 2.75) is 33.7 Å². The van der Waals surface area contributed by atoms with Gasteiger partial charge in [-0.1, -0.05) is 0 Å². The topological polar surface area (TPSA) is 17.8 Å². The predicted octanol–water partition coefficient (Wildman–Crippen LogP) is 3.05. The fourth-order valence-electron chi connectivity index (χ4n) is 1.96. The van der Waals surface area contributed by atoms with Crippen LogP contribution in [0.2, 0.25) is 0 Å². The van der Waals surface area contributed by atoms with Crippen LogP contribution in [-0.4, -0.2) is 9.55 Å². The van der Waals surface area contributed by atoms with Crippen molar-refractivity contribution in [2.24, 2.45) is 0 Å². The molecule has 2 aromatic rings. The zero-order chi connectivity index (χ0) is 11.5. The van der Waals surface area contributed by atoms with Crippen molar-refractivity contribution >= 4 is 0 Å². The zero-order valence-corrected chi connectivity index (χ0v) is 10.2. The van der Waals surface area contributed by atoms with Gasteiger partial charge in [-0.15, -0.1) is 0 Å². The molecule has 0 atom stereocenters. The summed E-state index contributed by atoms with van der Waals surface area (Å²) in [6, 6.07) is 4.16. The summed E-state index contributed by atoms with van der Waals surface area (Å²) in [6.45, 7) is 7.60. The van der Waals surface area contributed by atoms with E-state index in [9.17, 15) is 0 Å². The molecule has 2 nitrogen and oxygen atoms in total. The van der Waals surface area contributed by atoms with Crippen molar-refractivity contribution in [1.82, 2.24) is 9.55 Å². The van der Waals surface area contributed by atoms with Crippen LogP contribution in [0.15, 0.2) is 30.7 Å². The molecule has 0 aliphatic carbocycles. The second-order valence-electron chi connectivity index (χ2n) is 4.32. The first-order valence-electron chi connectivity index (χ1n) is 5.70. The standard InChI is InChI=1S/C14H18N2/c1-11-10-16(13(3)12(11)2)9-6-14-4-7-15-8-5-14/h4-5,7-8,10H,6,9H2,1-3H3. The van der Waals surface area contributed by atoms with Crippen LogP contribution < -0.4 is 0 Å². The third-order valence-corrected chi connectivity index (χ3v) is 3.31. The number of aromatic nitrogens is 2. The van der Waals surface area contributed by atoms with E-state index >= 15 is 0 Å². The molecule has 0 aromatic carbocycles. The first kappa shape index (κ1) is 10.9. The average Bonchev–Trinajstić information content (AvgIpc) is 2.56. The third-order valence-electron chi connectivity index (χ3n) is 3.31. The lowest BCUT2D eigenvalue weighted by molar-refractivity contribution is 0.679. The van der Waals surface area contributed by atoms with Gasteiger partial charge in [0.2, 0.25) is 0 Å². The molecule has 2 aromatic heterocycles. The smallest absolute Gasteiger partial charge is 0.0270 e. The number of rotatable bonds is 3. The van der Waals surface area contributed by atoms with Crippen LogP contribution in [0.3, 0.4) is 0 Å². The fraction of sp³-hybridized carbons (Fsp3) is 0.357. The lowest BCUT2D eigenvalue weighted by Crippen LogP contribution is -2.02. The highest BCUT2D eigenvalue weighted by molar-refractivity contribution is 5.28. The number of hydrogen-bond acceptors (Lipinski definition) is 1. The van der Waals surface area contributed by atoms with Crippen molar-refractivity contribution in [1.29, 1.82) is 0 Å². The van der Waals surface area contributed by atoms with Gasteiger partial charge in [-0.2, -0.15) is 0 Å². The van der Waals surface area contributed by atoms with Crippen LogP contribution in [0.4, 0.5) is 0 Å². The van der Waals surface area contributed by atoms with Gasteiger partial charge in [0.1, 0.15) is 0 Å². The Morgan fingerprint density at radius 2 is 1.81 bits per heavy atom. The summed E-state index contributed by atoms with van der Waals surface area (Å²) in [5, 5.41) is 0. The highest BCUT2D eigenvalue weighted by Crippen LogP contribution is 2.15. The largest absolute Gasteiger partial charge is 0.351 e. The van der Waals surface area contributed by atoms with Crippen LogP contribution in [0.5, 0.6) is 0 Å². The van der Waals surface area contributed by atoms with Gasteiger partial charge < -0.3 is 4.57 Å². The number of aryl methyl sites for hydroxylation is 3. The molecule has 0 radical (unpaired) electrons. The summed E-state index contributed by atoms with van der Waals surface area (Å²) in [4.78, 5) is 4.03. The minimum Gasteiger partial charge on any atom is -0.351 e.